The number of rotatable bonds is 1. The molecule has 0 heterocycles. The molecule has 0 saturated heterocycles. The van der Waals surface area contributed by atoms with Crippen LogP contribution in [-0.2, 0) is 4.79 Å². The zero-order valence-corrected chi connectivity index (χ0v) is 9.34. The molecule has 0 atom stereocenters. The lowest BCUT2D eigenvalue weighted by Crippen LogP contribution is -2.43. The first kappa shape index (κ1) is 11.5. The Morgan fingerprint density at radius 1 is 1.21 bits per heavy atom. The van der Waals surface area contributed by atoms with Gasteiger partial charge in [0.05, 0.1) is 6.10 Å². The van der Waals surface area contributed by atoms with E-state index in [1.165, 1.54) is 0 Å². The van der Waals surface area contributed by atoms with Crippen molar-refractivity contribution in [1.29, 1.82) is 0 Å². The van der Waals surface area contributed by atoms with E-state index < -0.39 is 0 Å². The number of aliphatic hydroxyl groups excluding tert-OH is 1. The van der Waals surface area contributed by atoms with E-state index >= 15 is 0 Å². The van der Waals surface area contributed by atoms with Gasteiger partial charge in [-0.15, -0.1) is 0 Å². The molecule has 1 fully saturated rings. The average Bonchev–Trinajstić information content (AvgIpc) is 2.07. The van der Waals surface area contributed by atoms with Crippen molar-refractivity contribution in [2.45, 2.75) is 58.6 Å². The zero-order valence-electron chi connectivity index (χ0n) is 9.34. The van der Waals surface area contributed by atoms with Gasteiger partial charge in [-0.1, -0.05) is 20.8 Å². The molecule has 0 aromatic rings. The molecule has 14 heavy (non-hydrogen) atoms. The summed E-state index contributed by atoms with van der Waals surface area (Å²) in [5.41, 5.74) is -0.309. The Bertz CT molecular complexity index is 200. The van der Waals surface area contributed by atoms with Crippen LogP contribution in [0.5, 0.6) is 0 Å². The number of carbonyl (C=O) groups excluding carboxylic acids is 1. The Morgan fingerprint density at radius 3 is 2.14 bits per heavy atom. The lowest BCUT2D eigenvalue weighted by molar-refractivity contribution is -0.129. The van der Waals surface area contributed by atoms with Crippen molar-refractivity contribution in [3.63, 3.8) is 0 Å². The van der Waals surface area contributed by atoms with E-state index in [1.54, 1.807) is 0 Å². The molecule has 0 unspecified atom stereocenters. The molecule has 0 aromatic carbocycles. The van der Waals surface area contributed by atoms with Gasteiger partial charge in [-0.05, 0) is 25.7 Å². The van der Waals surface area contributed by atoms with E-state index in [0.29, 0.717) is 0 Å². The van der Waals surface area contributed by atoms with Crippen molar-refractivity contribution in [2.24, 2.45) is 5.41 Å². The largest absolute Gasteiger partial charge is 0.393 e. The van der Waals surface area contributed by atoms with Crippen molar-refractivity contribution >= 4 is 5.91 Å². The third kappa shape index (κ3) is 3.29. The fourth-order valence-corrected chi connectivity index (χ4v) is 1.62. The summed E-state index contributed by atoms with van der Waals surface area (Å²) in [4.78, 5) is 11.6. The number of amides is 1. The van der Waals surface area contributed by atoms with E-state index in [-0.39, 0.29) is 23.5 Å². The summed E-state index contributed by atoms with van der Waals surface area (Å²) in [7, 11) is 0. The summed E-state index contributed by atoms with van der Waals surface area (Å²) in [5.74, 6) is 0.110. The first-order chi connectivity index (χ1) is 6.39. The number of aliphatic hydroxyl groups is 1. The van der Waals surface area contributed by atoms with Crippen LogP contribution >= 0.6 is 0 Å². The SMILES string of the molecule is CC(C)(C)C(=O)N[C@H]1CC[C@H](O)CC1. The van der Waals surface area contributed by atoms with Gasteiger partial charge < -0.3 is 10.4 Å². The maximum Gasteiger partial charge on any atom is 0.225 e. The van der Waals surface area contributed by atoms with Crippen molar-refractivity contribution in [2.75, 3.05) is 0 Å². The van der Waals surface area contributed by atoms with Gasteiger partial charge in [0, 0.05) is 11.5 Å². The highest BCUT2D eigenvalue weighted by molar-refractivity contribution is 5.81. The minimum absolute atomic E-state index is 0.110. The third-order valence-corrected chi connectivity index (χ3v) is 2.71. The molecular weight excluding hydrogens is 178 g/mol. The maximum atomic E-state index is 11.6. The molecular formula is C11H21NO2. The Hall–Kier alpha value is -0.570. The molecule has 1 rings (SSSR count). The average molecular weight is 199 g/mol. The predicted molar refractivity (Wildman–Crippen MR) is 55.9 cm³/mol. The van der Waals surface area contributed by atoms with Crippen LogP contribution in [0.4, 0.5) is 0 Å². The predicted octanol–water partition coefficient (Wildman–Crippen LogP) is 1.45. The molecule has 0 aliphatic heterocycles. The number of hydrogen-bond donors (Lipinski definition) is 2. The molecule has 2 N–H and O–H groups in total. The molecule has 1 aliphatic rings. The van der Waals surface area contributed by atoms with Gasteiger partial charge in [-0.3, -0.25) is 4.79 Å². The molecule has 0 spiro atoms. The number of nitrogens with one attached hydrogen (secondary N) is 1. The van der Waals surface area contributed by atoms with Gasteiger partial charge in [-0.25, -0.2) is 0 Å². The van der Waals surface area contributed by atoms with Crippen LogP contribution in [0, 0.1) is 5.41 Å². The highest BCUT2D eigenvalue weighted by Gasteiger charge is 2.26. The zero-order chi connectivity index (χ0) is 10.8. The fraction of sp³-hybridized carbons (Fsp3) is 0.909. The lowest BCUT2D eigenvalue weighted by atomic mass is 9.90. The molecule has 1 saturated carbocycles. The Kier molecular flexibility index (Phi) is 3.53. The summed E-state index contributed by atoms with van der Waals surface area (Å²) < 4.78 is 0. The molecule has 3 nitrogen and oxygen atoms in total. The standard InChI is InChI=1S/C11H21NO2/c1-11(2,3)10(14)12-8-4-6-9(13)7-5-8/h8-9,13H,4-7H2,1-3H3,(H,12,14)/t8-,9-. The van der Waals surface area contributed by atoms with Crippen molar-refractivity contribution in [3.8, 4) is 0 Å². The van der Waals surface area contributed by atoms with Crippen LogP contribution in [0.1, 0.15) is 46.5 Å². The highest BCUT2D eigenvalue weighted by atomic mass is 16.3. The number of carbonyl (C=O) groups is 1. The molecule has 1 amide bonds. The van der Waals surface area contributed by atoms with Gasteiger partial charge in [-0.2, -0.15) is 0 Å². The second-order valence-electron chi connectivity index (χ2n) is 5.23. The van der Waals surface area contributed by atoms with Gasteiger partial charge in [0.2, 0.25) is 5.91 Å². The Balaban J connectivity index is 2.35. The van der Waals surface area contributed by atoms with E-state index in [9.17, 15) is 9.90 Å². The van der Waals surface area contributed by atoms with Crippen LogP contribution in [0.15, 0.2) is 0 Å². The summed E-state index contributed by atoms with van der Waals surface area (Å²) >= 11 is 0. The van der Waals surface area contributed by atoms with Crippen LogP contribution in [0.2, 0.25) is 0 Å². The van der Waals surface area contributed by atoms with Crippen LogP contribution in [-0.4, -0.2) is 23.2 Å². The van der Waals surface area contributed by atoms with Crippen molar-refractivity contribution in [3.05, 3.63) is 0 Å². The number of hydrogen-bond acceptors (Lipinski definition) is 2. The summed E-state index contributed by atoms with van der Waals surface area (Å²) in [6.45, 7) is 5.75. The molecule has 0 bridgehead atoms. The maximum absolute atomic E-state index is 11.6. The minimum atomic E-state index is -0.309. The smallest absolute Gasteiger partial charge is 0.225 e. The summed E-state index contributed by atoms with van der Waals surface area (Å²) in [6, 6.07) is 0.269. The van der Waals surface area contributed by atoms with Crippen LogP contribution in [0.3, 0.4) is 0 Å². The molecule has 82 valence electrons. The second-order valence-corrected chi connectivity index (χ2v) is 5.23. The van der Waals surface area contributed by atoms with E-state index in [1.807, 2.05) is 20.8 Å². The van der Waals surface area contributed by atoms with E-state index in [0.717, 1.165) is 25.7 Å². The van der Waals surface area contributed by atoms with Gasteiger partial charge >= 0.3 is 0 Å². The quantitative estimate of drug-likeness (QED) is 0.671. The minimum Gasteiger partial charge on any atom is -0.393 e. The molecule has 0 radical (unpaired) electrons. The summed E-state index contributed by atoms with van der Waals surface area (Å²) in [5, 5.41) is 12.3. The normalized spacial score (nSPS) is 28.6. The topological polar surface area (TPSA) is 49.3 Å². The van der Waals surface area contributed by atoms with Crippen LogP contribution in [0.25, 0.3) is 0 Å². The molecule has 1 aliphatic carbocycles. The first-order valence-corrected chi connectivity index (χ1v) is 5.38. The van der Waals surface area contributed by atoms with Crippen molar-refractivity contribution < 1.29 is 9.90 Å². The molecule has 3 heteroatoms. The van der Waals surface area contributed by atoms with Crippen molar-refractivity contribution in [1.82, 2.24) is 5.32 Å². The Morgan fingerprint density at radius 2 is 1.71 bits per heavy atom. The second kappa shape index (κ2) is 4.30. The van der Waals surface area contributed by atoms with E-state index in [2.05, 4.69) is 5.32 Å². The van der Waals surface area contributed by atoms with Gasteiger partial charge in [0.1, 0.15) is 0 Å². The van der Waals surface area contributed by atoms with Gasteiger partial charge in [0.15, 0.2) is 0 Å². The monoisotopic (exact) mass is 199 g/mol. The lowest BCUT2D eigenvalue weighted by Gasteiger charge is -2.29. The first-order valence-electron chi connectivity index (χ1n) is 5.38. The Labute approximate surface area is 85.9 Å². The highest BCUT2D eigenvalue weighted by Crippen LogP contribution is 2.20. The van der Waals surface area contributed by atoms with E-state index in [4.69, 9.17) is 0 Å². The van der Waals surface area contributed by atoms with Crippen LogP contribution < -0.4 is 5.32 Å². The summed E-state index contributed by atoms with van der Waals surface area (Å²) in [6.07, 6.45) is 3.29. The third-order valence-electron chi connectivity index (χ3n) is 2.71. The molecule has 0 aromatic heterocycles. The van der Waals surface area contributed by atoms with Gasteiger partial charge in [0.25, 0.3) is 0 Å². The fourth-order valence-electron chi connectivity index (χ4n) is 1.62.